The van der Waals surface area contributed by atoms with Gasteiger partial charge in [0.25, 0.3) is 0 Å². The largest absolute Gasteiger partial charge is 0.438 e. The number of nitrogens with zero attached hydrogens (tertiary/aromatic N) is 1. The zero-order valence-corrected chi connectivity index (χ0v) is 11.0. The standard InChI is InChI=1S/C13H13FN2O2S/c14-11-2-1-9(18-13-7-19-8-16-13)5-10(11)12-6-15-3-4-17-12/h1-2,5,7-8,12,15H,3-4,6H2/t12-/m0/s1. The van der Waals surface area contributed by atoms with Crippen molar-refractivity contribution in [1.29, 1.82) is 0 Å². The normalized spacial score (nSPS) is 19.3. The number of halogens is 1. The molecule has 0 amide bonds. The minimum absolute atomic E-state index is 0.271. The van der Waals surface area contributed by atoms with Crippen LogP contribution in [0.4, 0.5) is 4.39 Å². The monoisotopic (exact) mass is 280 g/mol. The number of thiazole rings is 1. The summed E-state index contributed by atoms with van der Waals surface area (Å²) in [5.41, 5.74) is 2.20. The van der Waals surface area contributed by atoms with Crippen LogP contribution >= 0.6 is 11.3 Å². The van der Waals surface area contributed by atoms with Crippen LogP contribution in [-0.4, -0.2) is 24.7 Å². The van der Waals surface area contributed by atoms with Gasteiger partial charge in [-0.2, -0.15) is 0 Å². The van der Waals surface area contributed by atoms with E-state index in [-0.39, 0.29) is 11.9 Å². The van der Waals surface area contributed by atoms with Crippen LogP contribution in [0.5, 0.6) is 11.6 Å². The fourth-order valence-corrected chi connectivity index (χ4v) is 2.42. The van der Waals surface area contributed by atoms with Crippen LogP contribution in [0.2, 0.25) is 0 Å². The fourth-order valence-electron chi connectivity index (χ4n) is 1.97. The number of hydrogen-bond acceptors (Lipinski definition) is 5. The Morgan fingerprint density at radius 2 is 2.42 bits per heavy atom. The van der Waals surface area contributed by atoms with Gasteiger partial charge in [0.15, 0.2) is 0 Å². The molecule has 0 aliphatic carbocycles. The molecule has 1 aromatic heterocycles. The van der Waals surface area contributed by atoms with Crippen molar-refractivity contribution in [3.05, 3.63) is 40.5 Å². The minimum atomic E-state index is -0.278. The molecule has 1 atom stereocenters. The summed E-state index contributed by atoms with van der Waals surface area (Å²) in [5, 5.41) is 4.98. The van der Waals surface area contributed by atoms with Crippen molar-refractivity contribution in [2.75, 3.05) is 19.7 Å². The van der Waals surface area contributed by atoms with E-state index in [4.69, 9.17) is 9.47 Å². The van der Waals surface area contributed by atoms with Gasteiger partial charge in [0, 0.05) is 18.7 Å². The summed E-state index contributed by atoms with van der Waals surface area (Å²) in [6.45, 7) is 1.99. The average Bonchev–Trinajstić information content (AvgIpc) is 2.95. The Kier molecular flexibility index (Phi) is 3.72. The molecule has 1 N–H and O–H groups in total. The highest BCUT2D eigenvalue weighted by atomic mass is 32.1. The van der Waals surface area contributed by atoms with Crippen LogP contribution in [0.3, 0.4) is 0 Å². The summed E-state index contributed by atoms with van der Waals surface area (Å²) in [4.78, 5) is 4.04. The molecule has 2 aromatic rings. The summed E-state index contributed by atoms with van der Waals surface area (Å²) < 4.78 is 25.0. The molecule has 19 heavy (non-hydrogen) atoms. The molecule has 100 valence electrons. The van der Waals surface area contributed by atoms with Crippen molar-refractivity contribution in [2.45, 2.75) is 6.10 Å². The highest BCUT2D eigenvalue weighted by Crippen LogP contribution is 2.28. The first-order chi connectivity index (χ1) is 9.33. The topological polar surface area (TPSA) is 43.4 Å². The third-order valence-corrected chi connectivity index (χ3v) is 3.44. The number of aromatic nitrogens is 1. The number of morpholine rings is 1. The molecular formula is C13H13FN2O2S. The molecule has 1 aliphatic rings. The highest BCUT2D eigenvalue weighted by Gasteiger charge is 2.20. The van der Waals surface area contributed by atoms with Crippen molar-refractivity contribution in [1.82, 2.24) is 10.3 Å². The third kappa shape index (κ3) is 2.91. The number of benzene rings is 1. The molecule has 0 spiro atoms. The molecule has 1 saturated heterocycles. The average molecular weight is 280 g/mol. The number of ether oxygens (including phenoxy) is 2. The van der Waals surface area contributed by atoms with Gasteiger partial charge in [0.1, 0.15) is 11.6 Å². The van der Waals surface area contributed by atoms with Crippen LogP contribution < -0.4 is 10.1 Å². The molecule has 0 unspecified atom stereocenters. The summed E-state index contributed by atoms with van der Waals surface area (Å²) in [7, 11) is 0. The second kappa shape index (κ2) is 5.64. The van der Waals surface area contributed by atoms with E-state index in [1.165, 1.54) is 17.4 Å². The molecule has 1 aromatic carbocycles. The molecule has 1 fully saturated rings. The SMILES string of the molecule is Fc1ccc(Oc2cscn2)cc1[C@@H]1CNCCO1. The molecule has 0 radical (unpaired) electrons. The van der Waals surface area contributed by atoms with Crippen molar-refractivity contribution in [2.24, 2.45) is 0 Å². The lowest BCUT2D eigenvalue weighted by molar-refractivity contribution is 0.0254. The van der Waals surface area contributed by atoms with Gasteiger partial charge >= 0.3 is 0 Å². The predicted octanol–water partition coefficient (Wildman–Crippen LogP) is 2.74. The number of rotatable bonds is 3. The first-order valence-corrected chi connectivity index (χ1v) is 6.95. The Morgan fingerprint density at radius 1 is 1.47 bits per heavy atom. The maximum absolute atomic E-state index is 13.9. The summed E-state index contributed by atoms with van der Waals surface area (Å²) in [6, 6.07) is 4.66. The lowest BCUT2D eigenvalue weighted by Crippen LogP contribution is -2.33. The zero-order valence-electron chi connectivity index (χ0n) is 10.1. The van der Waals surface area contributed by atoms with Crippen LogP contribution in [0, 0.1) is 5.82 Å². The Morgan fingerprint density at radius 3 is 3.16 bits per heavy atom. The molecule has 6 heteroatoms. The second-order valence-corrected chi connectivity index (χ2v) is 4.89. The van der Waals surface area contributed by atoms with E-state index in [2.05, 4.69) is 10.3 Å². The molecule has 0 bridgehead atoms. The van der Waals surface area contributed by atoms with Crippen molar-refractivity contribution >= 4 is 11.3 Å². The van der Waals surface area contributed by atoms with Gasteiger partial charge in [-0.15, -0.1) is 11.3 Å². The molecule has 0 saturated carbocycles. The van der Waals surface area contributed by atoms with Crippen LogP contribution in [0.1, 0.15) is 11.7 Å². The zero-order chi connectivity index (χ0) is 13.1. The van der Waals surface area contributed by atoms with Gasteiger partial charge in [-0.25, -0.2) is 9.37 Å². The molecule has 1 aliphatic heterocycles. The Balaban J connectivity index is 1.83. The quantitative estimate of drug-likeness (QED) is 0.939. The predicted molar refractivity (Wildman–Crippen MR) is 70.2 cm³/mol. The van der Waals surface area contributed by atoms with Crippen molar-refractivity contribution in [3.63, 3.8) is 0 Å². The van der Waals surface area contributed by atoms with Gasteiger partial charge in [-0.1, -0.05) is 0 Å². The smallest absolute Gasteiger partial charge is 0.230 e. The van der Waals surface area contributed by atoms with E-state index >= 15 is 0 Å². The number of nitrogens with one attached hydrogen (secondary N) is 1. The highest BCUT2D eigenvalue weighted by molar-refractivity contribution is 7.07. The molecule has 3 rings (SSSR count). The van der Waals surface area contributed by atoms with Crippen molar-refractivity contribution in [3.8, 4) is 11.6 Å². The van der Waals surface area contributed by atoms with Crippen LogP contribution in [0.15, 0.2) is 29.1 Å². The second-order valence-electron chi connectivity index (χ2n) is 4.18. The fraction of sp³-hybridized carbons (Fsp3) is 0.308. The van der Waals surface area contributed by atoms with E-state index in [1.54, 1.807) is 23.0 Å². The molecule has 4 nitrogen and oxygen atoms in total. The summed E-state index contributed by atoms with van der Waals surface area (Å²) in [5.74, 6) is 0.807. The minimum Gasteiger partial charge on any atom is -0.438 e. The molecule has 2 heterocycles. The first-order valence-electron chi connectivity index (χ1n) is 6.01. The number of hydrogen-bond donors (Lipinski definition) is 1. The van der Waals surface area contributed by atoms with Crippen LogP contribution in [-0.2, 0) is 4.74 Å². The maximum Gasteiger partial charge on any atom is 0.230 e. The maximum atomic E-state index is 13.9. The summed E-state index contributed by atoms with van der Waals surface area (Å²) >= 11 is 1.45. The van der Waals surface area contributed by atoms with E-state index < -0.39 is 0 Å². The van der Waals surface area contributed by atoms with Gasteiger partial charge < -0.3 is 14.8 Å². The van der Waals surface area contributed by atoms with Crippen molar-refractivity contribution < 1.29 is 13.9 Å². The van der Waals surface area contributed by atoms with E-state index in [0.717, 1.165) is 6.54 Å². The Labute approximate surface area is 114 Å². The Hall–Kier alpha value is -1.50. The van der Waals surface area contributed by atoms with Gasteiger partial charge in [0.2, 0.25) is 5.88 Å². The lowest BCUT2D eigenvalue weighted by Gasteiger charge is -2.24. The van der Waals surface area contributed by atoms with Gasteiger partial charge in [-0.3, -0.25) is 0 Å². The van der Waals surface area contributed by atoms with E-state index in [9.17, 15) is 4.39 Å². The Bertz CT molecular complexity index is 542. The first kappa shape index (κ1) is 12.5. The van der Waals surface area contributed by atoms with E-state index in [0.29, 0.717) is 30.3 Å². The third-order valence-electron chi connectivity index (χ3n) is 2.87. The van der Waals surface area contributed by atoms with Gasteiger partial charge in [0.05, 0.1) is 23.6 Å². The van der Waals surface area contributed by atoms with Crippen LogP contribution in [0.25, 0.3) is 0 Å². The van der Waals surface area contributed by atoms with Gasteiger partial charge in [-0.05, 0) is 18.2 Å². The van der Waals surface area contributed by atoms with E-state index in [1.807, 2.05) is 0 Å². The lowest BCUT2D eigenvalue weighted by atomic mass is 10.1. The molecular weight excluding hydrogens is 267 g/mol. The summed E-state index contributed by atoms with van der Waals surface area (Å²) in [6.07, 6.45) is -0.271.